The van der Waals surface area contributed by atoms with Crippen LogP contribution in [0.5, 0.6) is 0 Å². The molecule has 1 aliphatic heterocycles. The molecule has 5 rings (SSSR count). The van der Waals surface area contributed by atoms with Crippen LogP contribution in [0.1, 0.15) is 73.3 Å². The Morgan fingerprint density at radius 1 is 1.03 bits per heavy atom. The molecule has 0 bridgehead atoms. The Labute approximate surface area is 227 Å². The zero-order chi connectivity index (χ0) is 27.4. The first-order valence-corrected chi connectivity index (χ1v) is 13.7. The average molecular weight is 537 g/mol. The van der Waals surface area contributed by atoms with E-state index in [1.807, 2.05) is 30.3 Å². The molecule has 0 spiro atoms. The van der Waals surface area contributed by atoms with Gasteiger partial charge in [-0.05, 0) is 30.5 Å². The van der Waals surface area contributed by atoms with Gasteiger partial charge in [0.15, 0.2) is 11.5 Å². The van der Waals surface area contributed by atoms with E-state index in [4.69, 9.17) is 4.52 Å². The molecule has 0 amide bonds. The van der Waals surface area contributed by atoms with Gasteiger partial charge in [0, 0.05) is 61.9 Å². The minimum absolute atomic E-state index is 0.0169. The highest BCUT2D eigenvalue weighted by Crippen LogP contribution is 2.43. The fraction of sp³-hybridized carbons (Fsp3) is 0.452. The number of benzene rings is 2. The molecule has 39 heavy (non-hydrogen) atoms. The van der Waals surface area contributed by atoms with Crippen LogP contribution >= 0.6 is 0 Å². The average Bonchev–Trinajstić information content (AvgIpc) is 3.41. The van der Waals surface area contributed by atoms with E-state index in [9.17, 15) is 23.5 Å². The van der Waals surface area contributed by atoms with Gasteiger partial charge in [-0.25, -0.2) is 8.78 Å². The third kappa shape index (κ3) is 6.34. The molecule has 2 fully saturated rings. The summed E-state index contributed by atoms with van der Waals surface area (Å²) in [5.74, 6) is -2.00. The number of Topliss-reactive ketones (excluding diaryl/α,β-unsaturated/α-hetero) is 2. The van der Waals surface area contributed by atoms with Gasteiger partial charge in [-0.1, -0.05) is 54.8 Å². The van der Waals surface area contributed by atoms with Crippen LogP contribution in [0.2, 0.25) is 0 Å². The van der Waals surface area contributed by atoms with E-state index < -0.39 is 17.0 Å². The van der Waals surface area contributed by atoms with E-state index >= 15 is 0 Å². The molecule has 0 unspecified atom stereocenters. The van der Waals surface area contributed by atoms with E-state index in [1.165, 1.54) is 31.4 Å². The standard InChI is InChI=1S/C31H34F2N2O4/c32-23-11-12-26(27(33)14-23)30-15-28(34-39-30)29(38)17-31(19-35(20-31)24-9-5-2-6-10-24)16-25(37)13-22(18-36)21-7-3-1-4-8-21/h1,3-4,7-8,11-12,14-15,22,24,36H,2,5-6,9-10,13,16-20H2/t22-/m1/s1. The van der Waals surface area contributed by atoms with Crippen LogP contribution in [0, 0.1) is 17.0 Å². The number of aliphatic hydroxyl groups excluding tert-OH is 1. The Morgan fingerprint density at radius 3 is 2.46 bits per heavy atom. The van der Waals surface area contributed by atoms with Gasteiger partial charge in [0.1, 0.15) is 23.1 Å². The highest BCUT2D eigenvalue weighted by molar-refractivity contribution is 5.96. The molecule has 2 aliphatic rings. The normalized spacial score (nSPS) is 18.4. The number of likely N-dealkylation sites (tertiary alicyclic amines) is 1. The second kappa shape index (κ2) is 11.9. The molecule has 206 valence electrons. The first-order valence-electron chi connectivity index (χ1n) is 13.7. The quantitative estimate of drug-likeness (QED) is 0.305. The molecule has 2 aromatic carbocycles. The number of halogens is 2. The summed E-state index contributed by atoms with van der Waals surface area (Å²) >= 11 is 0. The predicted octanol–water partition coefficient (Wildman–Crippen LogP) is 5.95. The molecule has 1 saturated carbocycles. The van der Waals surface area contributed by atoms with Crippen LogP contribution in [-0.4, -0.2) is 52.5 Å². The van der Waals surface area contributed by atoms with Crippen LogP contribution in [0.4, 0.5) is 8.78 Å². The van der Waals surface area contributed by atoms with Gasteiger partial charge in [0.05, 0.1) is 12.2 Å². The van der Waals surface area contributed by atoms with Crippen molar-refractivity contribution in [3.05, 3.63) is 77.5 Å². The van der Waals surface area contributed by atoms with Crippen molar-refractivity contribution in [2.75, 3.05) is 19.7 Å². The van der Waals surface area contributed by atoms with Crippen LogP contribution in [0.15, 0.2) is 59.1 Å². The van der Waals surface area contributed by atoms with E-state index in [2.05, 4.69) is 10.1 Å². The summed E-state index contributed by atoms with van der Waals surface area (Å²) in [5.41, 5.74) is 0.479. The van der Waals surface area contributed by atoms with Gasteiger partial charge in [-0.3, -0.25) is 14.5 Å². The molecule has 1 aliphatic carbocycles. The zero-order valence-corrected chi connectivity index (χ0v) is 22.0. The number of hydrogen-bond donors (Lipinski definition) is 1. The number of carbonyl (C=O) groups excluding carboxylic acids is 2. The first-order chi connectivity index (χ1) is 18.9. The van der Waals surface area contributed by atoms with E-state index in [-0.39, 0.29) is 60.4 Å². The second-order valence-electron chi connectivity index (χ2n) is 11.2. The second-order valence-corrected chi connectivity index (χ2v) is 11.2. The lowest BCUT2D eigenvalue weighted by Gasteiger charge is -2.54. The summed E-state index contributed by atoms with van der Waals surface area (Å²) in [6, 6.07) is 14.5. The molecule has 3 aromatic rings. The topological polar surface area (TPSA) is 83.6 Å². The summed E-state index contributed by atoms with van der Waals surface area (Å²) in [6.07, 6.45) is 6.47. The molecule has 0 radical (unpaired) electrons. The predicted molar refractivity (Wildman–Crippen MR) is 142 cm³/mol. The van der Waals surface area contributed by atoms with Crippen LogP contribution in [-0.2, 0) is 4.79 Å². The first kappa shape index (κ1) is 27.3. The zero-order valence-electron chi connectivity index (χ0n) is 22.0. The minimum atomic E-state index is -0.800. The monoisotopic (exact) mass is 536 g/mol. The number of aliphatic hydroxyl groups is 1. The van der Waals surface area contributed by atoms with Crippen molar-refractivity contribution in [3.63, 3.8) is 0 Å². The third-order valence-corrected chi connectivity index (χ3v) is 8.23. The lowest BCUT2D eigenvalue weighted by atomic mass is 9.69. The largest absolute Gasteiger partial charge is 0.396 e. The van der Waals surface area contributed by atoms with E-state index in [1.54, 1.807) is 0 Å². The molecule has 1 saturated heterocycles. The Kier molecular flexibility index (Phi) is 8.33. The molecule has 1 aromatic heterocycles. The fourth-order valence-electron chi connectivity index (χ4n) is 6.24. The van der Waals surface area contributed by atoms with Gasteiger partial charge >= 0.3 is 0 Å². The number of hydrogen-bond acceptors (Lipinski definition) is 6. The lowest BCUT2D eigenvalue weighted by molar-refractivity contribution is -0.127. The summed E-state index contributed by atoms with van der Waals surface area (Å²) in [6.45, 7) is 1.18. The highest BCUT2D eigenvalue weighted by Gasteiger charge is 2.48. The number of aromatic nitrogens is 1. The summed E-state index contributed by atoms with van der Waals surface area (Å²) in [5, 5.41) is 13.8. The number of rotatable bonds is 11. The summed E-state index contributed by atoms with van der Waals surface area (Å²) < 4.78 is 32.8. The van der Waals surface area contributed by atoms with Gasteiger partial charge in [-0.2, -0.15) is 0 Å². The van der Waals surface area contributed by atoms with Gasteiger partial charge in [0.25, 0.3) is 0 Å². The molecule has 6 nitrogen and oxygen atoms in total. The molecule has 1 N–H and O–H groups in total. The van der Waals surface area contributed by atoms with Crippen molar-refractivity contribution in [3.8, 4) is 11.3 Å². The minimum Gasteiger partial charge on any atom is -0.396 e. The smallest absolute Gasteiger partial charge is 0.185 e. The summed E-state index contributed by atoms with van der Waals surface area (Å²) in [4.78, 5) is 29.0. The molecule has 8 heteroatoms. The van der Waals surface area contributed by atoms with Crippen molar-refractivity contribution in [1.82, 2.24) is 10.1 Å². The molecular weight excluding hydrogens is 502 g/mol. The fourth-order valence-corrected chi connectivity index (χ4v) is 6.24. The third-order valence-electron chi connectivity index (χ3n) is 8.23. The van der Waals surface area contributed by atoms with Crippen molar-refractivity contribution < 1.29 is 28.0 Å². The molecule has 2 heterocycles. The van der Waals surface area contributed by atoms with E-state index in [0.29, 0.717) is 19.1 Å². The maximum Gasteiger partial charge on any atom is 0.185 e. The van der Waals surface area contributed by atoms with Crippen molar-refractivity contribution in [1.29, 1.82) is 0 Å². The lowest BCUT2D eigenvalue weighted by Crippen LogP contribution is -2.61. The Morgan fingerprint density at radius 2 is 1.77 bits per heavy atom. The van der Waals surface area contributed by atoms with Crippen molar-refractivity contribution in [2.45, 2.75) is 63.3 Å². The number of ketones is 2. The maximum absolute atomic E-state index is 14.2. The highest BCUT2D eigenvalue weighted by atomic mass is 19.1. The van der Waals surface area contributed by atoms with Crippen LogP contribution < -0.4 is 0 Å². The number of carbonyl (C=O) groups is 2. The Bertz CT molecular complexity index is 1300. The SMILES string of the molecule is O=C(C[C@H](CO)c1ccccc1)CC1(CC(=O)c2cc(-c3ccc(F)cc3F)on2)CN(C2CCCCC2)C1. The van der Waals surface area contributed by atoms with Crippen molar-refractivity contribution in [2.24, 2.45) is 5.41 Å². The van der Waals surface area contributed by atoms with Crippen LogP contribution in [0.25, 0.3) is 11.3 Å². The Hall–Kier alpha value is -3.23. The van der Waals surface area contributed by atoms with Gasteiger partial charge in [0.2, 0.25) is 0 Å². The maximum atomic E-state index is 14.2. The van der Waals surface area contributed by atoms with Gasteiger partial charge in [-0.15, -0.1) is 0 Å². The van der Waals surface area contributed by atoms with E-state index in [0.717, 1.165) is 30.5 Å². The summed E-state index contributed by atoms with van der Waals surface area (Å²) in [7, 11) is 0. The van der Waals surface area contributed by atoms with Crippen LogP contribution in [0.3, 0.4) is 0 Å². The van der Waals surface area contributed by atoms with Crippen molar-refractivity contribution >= 4 is 11.6 Å². The number of nitrogens with zero attached hydrogens (tertiary/aromatic N) is 2. The van der Waals surface area contributed by atoms with Gasteiger partial charge < -0.3 is 9.63 Å². The molecule has 1 atom stereocenters. The Balaban J connectivity index is 1.30. The molecular formula is C31H34F2N2O4.